The summed E-state index contributed by atoms with van der Waals surface area (Å²) < 4.78 is 0. The minimum atomic E-state index is -0.322. The van der Waals surface area contributed by atoms with Gasteiger partial charge in [-0.3, -0.25) is 0 Å². The topological polar surface area (TPSA) is 29.1 Å². The maximum absolute atomic E-state index is 9.76. The van der Waals surface area contributed by atoms with E-state index in [0.29, 0.717) is 0 Å². The molecule has 0 aliphatic carbocycles. The van der Waals surface area contributed by atoms with Crippen molar-refractivity contribution in [3.8, 4) is 0 Å². The lowest BCUT2D eigenvalue weighted by atomic mass is 10.0. The molecule has 0 bridgehead atoms. The van der Waals surface area contributed by atoms with Crippen molar-refractivity contribution >= 4 is 13.5 Å². The fourth-order valence-corrected chi connectivity index (χ4v) is 0.174. The zero-order valence-electron chi connectivity index (χ0n) is 3.69. The average molecular weight is 82.9 g/mol. The molecule has 2 nitrogen and oxygen atoms in total. The Balaban J connectivity index is 2.83. The van der Waals surface area contributed by atoms with E-state index in [1.54, 1.807) is 7.05 Å². The molecule has 0 saturated heterocycles. The van der Waals surface area contributed by atoms with E-state index in [2.05, 4.69) is 5.32 Å². The summed E-state index contributed by atoms with van der Waals surface area (Å²) in [6, 6.07) is 0. The Morgan fingerprint density at radius 1 is 2.00 bits per heavy atom. The zero-order chi connectivity index (χ0) is 4.99. The maximum Gasteiger partial charge on any atom is 0.169 e. The summed E-state index contributed by atoms with van der Waals surface area (Å²) in [5.41, 5.74) is -0.322. The van der Waals surface area contributed by atoms with Crippen molar-refractivity contribution in [1.29, 1.82) is 0 Å². The second kappa shape index (κ2) is 2.91. The first-order valence-corrected chi connectivity index (χ1v) is 1.70. The van der Waals surface area contributed by atoms with Crippen LogP contribution >= 0.6 is 0 Å². The number of hydrogen-bond acceptors (Lipinski definition) is 2. The molecule has 32 valence electrons. The van der Waals surface area contributed by atoms with Gasteiger partial charge in [0.2, 0.25) is 0 Å². The molecule has 0 aliphatic rings. The molecule has 2 radical (unpaired) electrons. The Bertz CT molecular complexity index is 54.8. The lowest BCUT2D eigenvalue weighted by molar-refractivity contribution is -0.110. The highest BCUT2D eigenvalue weighted by atomic mass is 16.1. The van der Waals surface area contributed by atoms with Crippen LogP contribution in [0, 0.1) is 0 Å². The molecule has 0 aromatic heterocycles. The van der Waals surface area contributed by atoms with Gasteiger partial charge in [-0.05, 0) is 7.05 Å². The van der Waals surface area contributed by atoms with Gasteiger partial charge in [-0.2, -0.15) is 0 Å². The number of nitrogens with one attached hydrogen (secondary N) is 1. The molecule has 0 saturated carbocycles. The molecule has 0 aliphatic heterocycles. The van der Waals surface area contributed by atoms with Crippen LogP contribution in [0.25, 0.3) is 0 Å². The molecule has 1 N–H and O–H groups in total. The summed E-state index contributed by atoms with van der Waals surface area (Å²) in [6.45, 7) is 0.264. The molecule has 0 heterocycles. The van der Waals surface area contributed by atoms with Crippen LogP contribution in [0.3, 0.4) is 0 Å². The summed E-state index contributed by atoms with van der Waals surface area (Å²) >= 11 is 0. The molecule has 0 unspecified atom stereocenters. The third kappa shape index (κ3) is 3.69. The van der Waals surface area contributed by atoms with Crippen molar-refractivity contribution < 1.29 is 4.79 Å². The van der Waals surface area contributed by atoms with E-state index in [4.69, 9.17) is 7.85 Å². The largest absolute Gasteiger partial charge is 0.314 e. The van der Waals surface area contributed by atoms with Crippen molar-refractivity contribution in [2.45, 2.75) is 0 Å². The van der Waals surface area contributed by atoms with Gasteiger partial charge < -0.3 is 10.1 Å². The number of carbonyl (C=O) groups excluding carboxylic acids is 1. The van der Waals surface area contributed by atoms with Gasteiger partial charge in [0.1, 0.15) is 0 Å². The summed E-state index contributed by atoms with van der Waals surface area (Å²) in [5.74, 6) is 0. The quantitative estimate of drug-likeness (QED) is 0.429. The summed E-state index contributed by atoms with van der Waals surface area (Å²) in [6.07, 6.45) is 0. The van der Waals surface area contributed by atoms with E-state index in [1.165, 1.54) is 0 Å². The Hall–Kier alpha value is -0.305. The summed E-state index contributed by atoms with van der Waals surface area (Å²) in [7, 11) is 6.37. The molecule has 0 rings (SSSR count). The second-order valence-corrected chi connectivity index (χ2v) is 0.997. The fourth-order valence-electron chi connectivity index (χ4n) is 0.174. The van der Waals surface area contributed by atoms with Crippen LogP contribution in [0.2, 0.25) is 0 Å². The SMILES string of the molecule is [B]C(=O)CNC. The molecule has 3 heteroatoms. The average Bonchev–Trinajstić information content (AvgIpc) is 1.35. The Labute approximate surface area is 38.3 Å². The normalized spacial score (nSPS) is 8.17. The standard InChI is InChI=1S/C3H6BNO/c1-5-2-3(4)6/h5H,2H2,1H3. The van der Waals surface area contributed by atoms with E-state index < -0.39 is 0 Å². The van der Waals surface area contributed by atoms with Gasteiger partial charge >= 0.3 is 0 Å². The molecule has 0 aromatic rings. The Morgan fingerprint density at radius 2 is 2.50 bits per heavy atom. The Kier molecular flexibility index (Phi) is 2.76. The first kappa shape index (κ1) is 5.69. The monoisotopic (exact) mass is 83.1 g/mol. The van der Waals surface area contributed by atoms with Gasteiger partial charge in [-0.1, -0.05) is 0 Å². The second-order valence-electron chi connectivity index (χ2n) is 0.997. The highest BCUT2D eigenvalue weighted by molar-refractivity contribution is 6.58. The molecule has 0 fully saturated rings. The van der Waals surface area contributed by atoms with E-state index in [9.17, 15) is 4.79 Å². The Morgan fingerprint density at radius 3 is 2.50 bits per heavy atom. The minimum absolute atomic E-state index is 0.264. The lowest BCUT2D eigenvalue weighted by Gasteiger charge is -1.85. The maximum atomic E-state index is 9.76. The summed E-state index contributed by atoms with van der Waals surface area (Å²) in [4.78, 5) is 9.76. The molecule has 0 spiro atoms. The van der Waals surface area contributed by atoms with Crippen LogP contribution < -0.4 is 5.32 Å². The summed E-state index contributed by atoms with van der Waals surface area (Å²) in [5, 5.41) is 2.59. The molecule has 0 aromatic carbocycles. The van der Waals surface area contributed by atoms with Gasteiger partial charge in [0.15, 0.2) is 7.85 Å². The first-order chi connectivity index (χ1) is 2.77. The van der Waals surface area contributed by atoms with Crippen molar-refractivity contribution in [3.05, 3.63) is 0 Å². The zero-order valence-corrected chi connectivity index (χ0v) is 3.69. The van der Waals surface area contributed by atoms with Crippen molar-refractivity contribution in [1.82, 2.24) is 5.32 Å². The van der Waals surface area contributed by atoms with Gasteiger partial charge in [-0.15, -0.1) is 0 Å². The predicted molar refractivity (Wildman–Crippen MR) is 24.7 cm³/mol. The van der Waals surface area contributed by atoms with Gasteiger partial charge in [-0.25, -0.2) is 0 Å². The molecular formula is C3H6BNO. The van der Waals surface area contributed by atoms with Gasteiger partial charge in [0, 0.05) is 6.54 Å². The highest BCUT2D eigenvalue weighted by Gasteiger charge is 1.82. The number of rotatable bonds is 2. The van der Waals surface area contributed by atoms with Gasteiger partial charge in [0.05, 0.1) is 5.68 Å². The van der Waals surface area contributed by atoms with E-state index in [1.807, 2.05) is 0 Å². The minimum Gasteiger partial charge on any atom is -0.314 e. The molecular weight excluding hydrogens is 76.9 g/mol. The van der Waals surface area contributed by atoms with Crippen LogP contribution in [0.1, 0.15) is 0 Å². The number of likely N-dealkylation sites (N-methyl/N-ethyl adjacent to an activating group) is 1. The molecule has 0 atom stereocenters. The van der Waals surface area contributed by atoms with E-state index in [0.717, 1.165) is 0 Å². The van der Waals surface area contributed by atoms with Crippen LogP contribution in [0.15, 0.2) is 0 Å². The van der Waals surface area contributed by atoms with Gasteiger partial charge in [0.25, 0.3) is 0 Å². The van der Waals surface area contributed by atoms with Crippen LogP contribution in [-0.4, -0.2) is 27.1 Å². The smallest absolute Gasteiger partial charge is 0.169 e. The third-order valence-corrected chi connectivity index (χ3v) is 0.351. The predicted octanol–water partition coefficient (Wildman–Crippen LogP) is -1.10. The van der Waals surface area contributed by atoms with E-state index >= 15 is 0 Å². The van der Waals surface area contributed by atoms with E-state index in [-0.39, 0.29) is 12.2 Å². The third-order valence-electron chi connectivity index (χ3n) is 0.351. The van der Waals surface area contributed by atoms with Crippen LogP contribution in [-0.2, 0) is 4.79 Å². The number of hydrogen-bond donors (Lipinski definition) is 1. The van der Waals surface area contributed by atoms with Crippen LogP contribution in [0.4, 0.5) is 0 Å². The lowest BCUT2D eigenvalue weighted by Crippen LogP contribution is -2.17. The van der Waals surface area contributed by atoms with Crippen LogP contribution in [0.5, 0.6) is 0 Å². The highest BCUT2D eigenvalue weighted by Crippen LogP contribution is 1.49. The fraction of sp³-hybridized carbons (Fsp3) is 0.667. The molecule has 6 heavy (non-hydrogen) atoms. The first-order valence-electron chi connectivity index (χ1n) is 1.70. The van der Waals surface area contributed by atoms with Crippen molar-refractivity contribution in [2.24, 2.45) is 0 Å². The number of carbonyl (C=O) groups is 1. The van der Waals surface area contributed by atoms with Crippen molar-refractivity contribution in [3.63, 3.8) is 0 Å². The van der Waals surface area contributed by atoms with Crippen molar-refractivity contribution in [2.75, 3.05) is 13.6 Å². The molecule has 0 amide bonds.